The largest absolute Gasteiger partial charge is 0.341 e. The van der Waals surface area contributed by atoms with E-state index >= 15 is 0 Å². The maximum absolute atomic E-state index is 12.5. The van der Waals surface area contributed by atoms with Gasteiger partial charge in [-0.25, -0.2) is 0 Å². The molecule has 1 saturated heterocycles. The fourth-order valence-electron chi connectivity index (χ4n) is 3.80. The highest BCUT2D eigenvalue weighted by Gasteiger charge is 2.43. The average molecular weight is 411 g/mol. The third kappa shape index (κ3) is 4.40. The summed E-state index contributed by atoms with van der Waals surface area (Å²) < 4.78 is 2.04. The highest BCUT2D eigenvalue weighted by atomic mass is 32.2. The van der Waals surface area contributed by atoms with E-state index in [1.165, 1.54) is 18.2 Å². The molecule has 2 fully saturated rings. The van der Waals surface area contributed by atoms with E-state index in [0.29, 0.717) is 5.16 Å². The number of piperidine rings is 1. The van der Waals surface area contributed by atoms with Crippen molar-refractivity contribution < 1.29 is 4.79 Å². The van der Waals surface area contributed by atoms with Crippen molar-refractivity contribution in [1.29, 1.82) is 5.26 Å². The quantitative estimate of drug-likeness (QED) is 0.706. The number of thioether (sulfide) groups is 1. The van der Waals surface area contributed by atoms with Gasteiger partial charge in [-0.05, 0) is 57.1 Å². The normalized spacial score (nSPS) is 18.7. The summed E-state index contributed by atoms with van der Waals surface area (Å²) in [4.78, 5) is 14.8. The molecule has 29 heavy (non-hydrogen) atoms. The summed E-state index contributed by atoms with van der Waals surface area (Å²) in [6.07, 6.45) is 5.55. The van der Waals surface area contributed by atoms with Gasteiger partial charge in [0.05, 0.1) is 17.5 Å². The second-order valence-electron chi connectivity index (χ2n) is 7.93. The zero-order chi connectivity index (χ0) is 20.3. The second kappa shape index (κ2) is 8.46. The molecule has 1 aliphatic carbocycles. The maximum Gasteiger partial charge on any atom is 0.232 e. The Morgan fingerprint density at radius 2 is 1.97 bits per heavy atom. The summed E-state index contributed by atoms with van der Waals surface area (Å²) in [7, 11) is 0. The van der Waals surface area contributed by atoms with Crippen molar-refractivity contribution in [3.05, 3.63) is 30.3 Å². The van der Waals surface area contributed by atoms with Crippen LogP contribution in [0.2, 0.25) is 0 Å². The number of amides is 1. The predicted molar refractivity (Wildman–Crippen MR) is 113 cm³/mol. The number of benzene rings is 1. The number of rotatable bonds is 7. The summed E-state index contributed by atoms with van der Waals surface area (Å²) in [5.41, 5.74) is 0.213. The van der Waals surface area contributed by atoms with Gasteiger partial charge in [-0.1, -0.05) is 30.0 Å². The van der Waals surface area contributed by atoms with E-state index in [-0.39, 0.29) is 17.6 Å². The van der Waals surface area contributed by atoms with Crippen molar-refractivity contribution in [2.24, 2.45) is 5.92 Å². The molecule has 2 heterocycles. The molecule has 8 heteroatoms. The highest BCUT2D eigenvalue weighted by Crippen LogP contribution is 2.39. The fraction of sp³-hybridized carbons (Fsp3) is 0.524. The first-order valence-corrected chi connectivity index (χ1v) is 11.2. The first-order valence-electron chi connectivity index (χ1n) is 10.2. The minimum Gasteiger partial charge on any atom is -0.341 e. The number of carbonyl (C=O) groups is 1. The molecular formula is C21H26N6OS. The Bertz CT molecular complexity index is 898. The average Bonchev–Trinajstić information content (AvgIpc) is 3.54. The van der Waals surface area contributed by atoms with Gasteiger partial charge in [-0.15, -0.1) is 10.2 Å². The molecule has 0 bridgehead atoms. The van der Waals surface area contributed by atoms with Crippen LogP contribution in [0.3, 0.4) is 0 Å². The third-order valence-electron chi connectivity index (χ3n) is 5.63. The van der Waals surface area contributed by atoms with Gasteiger partial charge in [-0.3, -0.25) is 9.36 Å². The number of nitrogens with one attached hydrogen (secondary N) is 1. The van der Waals surface area contributed by atoms with E-state index in [4.69, 9.17) is 0 Å². The number of hydrogen-bond donors (Lipinski definition) is 1. The van der Waals surface area contributed by atoms with E-state index in [1.54, 1.807) is 0 Å². The van der Waals surface area contributed by atoms with Crippen LogP contribution in [0.5, 0.6) is 0 Å². The molecule has 1 aromatic carbocycles. The number of nitriles is 1. The number of hydrogen-bond acceptors (Lipinski definition) is 6. The Morgan fingerprint density at radius 1 is 1.24 bits per heavy atom. The topological polar surface area (TPSA) is 86.8 Å². The molecule has 7 nitrogen and oxygen atoms in total. The first-order chi connectivity index (χ1) is 14.1. The van der Waals surface area contributed by atoms with Gasteiger partial charge in [0.1, 0.15) is 5.54 Å². The van der Waals surface area contributed by atoms with Crippen molar-refractivity contribution in [2.45, 2.75) is 49.7 Å². The van der Waals surface area contributed by atoms with Crippen molar-refractivity contribution in [3.63, 3.8) is 0 Å². The Labute approximate surface area is 175 Å². The summed E-state index contributed by atoms with van der Waals surface area (Å²) >= 11 is 1.36. The van der Waals surface area contributed by atoms with E-state index in [2.05, 4.69) is 26.5 Å². The smallest absolute Gasteiger partial charge is 0.232 e. The molecular weight excluding hydrogens is 384 g/mol. The van der Waals surface area contributed by atoms with Gasteiger partial charge in [0.25, 0.3) is 0 Å². The van der Waals surface area contributed by atoms with Crippen molar-refractivity contribution in [2.75, 3.05) is 23.7 Å². The van der Waals surface area contributed by atoms with Gasteiger partial charge < -0.3 is 10.2 Å². The lowest BCUT2D eigenvalue weighted by Crippen LogP contribution is -2.47. The summed E-state index contributed by atoms with van der Waals surface area (Å²) in [6.45, 7) is 3.75. The zero-order valence-corrected chi connectivity index (χ0v) is 17.5. The Balaban J connectivity index is 1.52. The van der Waals surface area contributed by atoms with Gasteiger partial charge in [0.2, 0.25) is 11.9 Å². The minimum absolute atomic E-state index is 0.145. The Kier molecular flexibility index (Phi) is 5.76. The Morgan fingerprint density at radius 3 is 2.62 bits per heavy atom. The van der Waals surface area contributed by atoms with Crippen molar-refractivity contribution in [3.8, 4) is 11.8 Å². The van der Waals surface area contributed by atoms with Crippen LogP contribution < -0.4 is 10.2 Å². The molecule has 1 N–H and O–H groups in total. The number of nitrogens with zero attached hydrogens (tertiary/aromatic N) is 5. The van der Waals surface area contributed by atoms with Crippen LogP contribution in [0.25, 0.3) is 5.69 Å². The number of para-hydroxylation sites is 1. The summed E-state index contributed by atoms with van der Waals surface area (Å²) in [5.74, 6) is 1.15. The number of aromatic nitrogens is 3. The molecule has 1 atom stereocenters. The third-order valence-corrected chi connectivity index (χ3v) is 6.56. The molecule has 1 saturated carbocycles. The van der Waals surface area contributed by atoms with Crippen molar-refractivity contribution >= 4 is 23.6 Å². The molecule has 4 rings (SSSR count). The van der Waals surface area contributed by atoms with Crippen LogP contribution in [-0.4, -0.2) is 45.1 Å². The molecule has 0 spiro atoms. The summed E-state index contributed by atoms with van der Waals surface area (Å²) in [5, 5.41) is 21.9. The number of carbonyl (C=O) groups excluding carboxylic acids is 1. The van der Waals surface area contributed by atoms with Crippen LogP contribution >= 0.6 is 11.8 Å². The second-order valence-corrected chi connectivity index (χ2v) is 8.87. The van der Waals surface area contributed by atoms with Crippen LogP contribution in [0.1, 0.15) is 39.0 Å². The van der Waals surface area contributed by atoms with Crippen LogP contribution in [0.15, 0.2) is 35.5 Å². The van der Waals surface area contributed by atoms with Crippen molar-refractivity contribution in [1.82, 2.24) is 20.1 Å². The molecule has 0 radical (unpaired) electrons. The summed E-state index contributed by atoms with van der Waals surface area (Å²) in [6, 6.07) is 12.3. The van der Waals surface area contributed by atoms with Crippen LogP contribution in [0.4, 0.5) is 5.95 Å². The van der Waals surface area contributed by atoms with Gasteiger partial charge in [0, 0.05) is 13.1 Å². The highest BCUT2D eigenvalue weighted by molar-refractivity contribution is 7.99. The number of anilines is 1. The molecule has 1 aromatic heterocycles. The molecule has 1 aliphatic heterocycles. The SMILES string of the molecule is C[C@](C#N)(NC(=O)CSc1nnc(N2CCCCC2)n1-c1ccccc1)C1CC1. The maximum atomic E-state index is 12.5. The van der Waals surface area contributed by atoms with E-state index in [1.807, 2.05) is 41.8 Å². The van der Waals surface area contributed by atoms with E-state index < -0.39 is 5.54 Å². The van der Waals surface area contributed by atoms with Gasteiger partial charge >= 0.3 is 0 Å². The predicted octanol–water partition coefficient (Wildman–Crippen LogP) is 3.16. The van der Waals surface area contributed by atoms with E-state index in [0.717, 1.165) is 50.4 Å². The minimum atomic E-state index is -0.774. The lowest BCUT2D eigenvalue weighted by Gasteiger charge is -2.27. The van der Waals surface area contributed by atoms with Gasteiger partial charge in [0.15, 0.2) is 5.16 Å². The van der Waals surface area contributed by atoms with E-state index in [9.17, 15) is 10.1 Å². The lowest BCUT2D eigenvalue weighted by atomic mass is 9.98. The van der Waals surface area contributed by atoms with Crippen LogP contribution in [0, 0.1) is 17.2 Å². The molecule has 2 aromatic rings. The van der Waals surface area contributed by atoms with Gasteiger partial charge in [-0.2, -0.15) is 5.26 Å². The molecule has 1 amide bonds. The first kappa shape index (κ1) is 19.8. The van der Waals surface area contributed by atoms with Crippen LogP contribution in [-0.2, 0) is 4.79 Å². The lowest BCUT2D eigenvalue weighted by molar-refractivity contribution is -0.119. The molecule has 0 unspecified atom stereocenters. The monoisotopic (exact) mass is 410 g/mol. The Hall–Kier alpha value is -2.53. The fourth-order valence-corrected chi connectivity index (χ4v) is 4.54. The molecule has 2 aliphatic rings. The molecule has 152 valence electrons. The zero-order valence-electron chi connectivity index (χ0n) is 16.7. The standard InChI is InChI=1S/C21H26N6OS/c1-21(15-22,16-10-11-16)23-18(28)14-29-20-25-24-19(26-12-6-3-7-13-26)27(20)17-8-4-2-5-9-17/h2,4-5,8-9,16H,3,6-7,10-14H2,1H3,(H,23,28)/t21-/m1/s1.